The minimum Gasteiger partial charge on any atom is -0.478 e. The monoisotopic (exact) mass is 316 g/mol. The van der Waals surface area contributed by atoms with E-state index in [-0.39, 0.29) is 5.78 Å². The number of ketones is 1. The van der Waals surface area contributed by atoms with E-state index in [9.17, 15) is 14.4 Å². The maximum atomic E-state index is 10.2. The summed E-state index contributed by atoms with van der Waals surface area (Å²) in [6.45, 7) is 3.43. The SMILES string of the molecule is CCC(C)=O.O=C(O)c1ccccc1.O=C(O)c1ccccc1. The number of aromatic carboxylic acids is 2. The molecule has 0 aromatic heterocycles. The van der Waals surface area contributed by atoms with Crippen LogP contribution in [0.1, 0.15) is 41.0 Å². The number of carbonyl (C=O) groups is 3. The molecule has 0 radical (unpaired) electrons. The van der Waals surface area contributed by atoms with Crippen molar-refractivity contribution >= 4 is 17.7 Å². The predicted octanol–water partition coefficient (Wildman–Crippen LogP) is 3.76. The highest BCUT2D eigenvalue weighted by molar-refractivity contribution is 5.87. The first-order chi connectivity index (χ1) is 10.9. The number of hydrogen-bond acceptors (Lipinski definition) is 3. The van der Waals surface area contributed by atoms with Crippen molar-refractivity contribution in [2.45, 2.75) is 20.3 Å². The van der Waals surface area contributed by atoms with Gasteiger partial charge in [-0.2, -0.15) is 0 Å². The third-order valence-electron chi connectivity index (χ3n) is 2.54. The fraction of sp³-hybridized carbons (Fsp3) is 0.167. The molecule has 2 N–H and O–H groups in total. The maximum Gasteiger partial charge on any atom is 0.335 e. The average Bonchev–Trinajstić information content (AvgIpc) is 2.57. The molecule has 0 amide bonds. The molecule has 0 saturated heterocycles. The van der Waals surface area contributed by atoms with Crippen LogP contribution in [-0.4, -0.2) is 27.9 Å². The second-order valence-corrected chi connectivity index (χ2v) is 4.40. The highest BCUT2D eigenvalue weighted by Crippen LogP contribution is 1.96. The smallest absolute Gasteiger partial charge is 0.335 e. The van der Waals surface area contributed by atoms with Crippen molar-refractivity contribution in [3.05, 3.63) is 71.8 Å². The summed E-state index contributed by atoms with van der Waals surface area (Å²) in [5, 5.41) is 16.8. The van der Waals surface area contributed by atoms with Gasteiger partial charge in [-0.15, -0.1) is 0 Å². The van der Waals surface area contributed by atoms with Gasteiger partial charge in [-0.1, -0.05) is 43.3 Å². The Balaban J connectivity index is 0.000000332. The Morgan fingerprint density at radius 2 is 1.00 bits per heavy atom. The number of carbonyl (C=O) groups excluding carboxylic acids is 1. The first-order valence-electron chi connectivity index (χ1n) is 6.94. The third kappa shape index (κ3) is 10.4. The molecule has 2 aromatic carbocycles. The topological polar surface area (TPSA) is 91.7 Å². The van der Waals surface area contributed by atoms with E-state index in [0.717, 1.165) is 0 Å². The van der Waals surface area contributed by atoms with Gasteiger partial charge >= 0.3 is 11.9 Å². The summed E-state index contributed by atoms with van der Waals surface area (Å²) in [5.74, 6) is -1.50. The Morgan fingerprint density at radius 1 is 0.739 bits per heavy atom. The van der Waals surface area contributed by atoms with Gasteiger partial charge in [0.15, 0.2) is 0 Å². The summed E-state index contributed by atoms with van der Waals surface area (Å²) in [6, 6.07) is 16.6. The molecule has 5 heteroatoms. The Kier molecular flexibility index (Phi) is 10.2. The van der Waals surface area contributed by atoms with E-state index < -0.39 is 11.9 Å². The summed E-state index contributed by atoms with van der Waals surface area (Å²) in [6.07, 6.45) is 0.667. The van der Waals surface area contributed by atoms with Crippen LogP contribution < -0.4 is 0 Å². The summed E-state index contributed by atoms with van der Waals surface area (Å²) < 4.78 is 0. The normalized spacial score (nSPS) is 8.61. The van der Waals surface area contributed by atoms with Gasteiger partial charge in [0.05, 0.1) is 11.1 Å². The lowest BCUT2D eigenvalue weighted by Gasteiger charge is -1.88. The zero-order valence-corrected chi connectivity index (χ0v) is 13.1. The van der Waals surface area contributed by atoms with Gasteiger partial charge in [-0.3, -0.25) is 0 Å². The van der Waals surface area contributed by atoms with Crippen molar-refractivity contribution in [1.29, 1.82) is 0 Å². The number of hydrogen-bond donors (Lipinski definition) is 2. The van der Waals surface area contributed by atoms with Crippen LogP contribution in [0.4, 0.5) is 0 Å². The van der Waals surface area contributed by atoms with Crippen molar-refractivity contribution in [3.63, 3.8) is 0 Å². The number of carboxylic acids is 2. The zero-order valence-electron chi connectivity index (χ0n) is 13.1. The van der Waals surface area contributed by atoms with Gasteiger partial charge in [-0.05, 0) is 31.2 Å². The van der Waals surface area contributed by atoms with Crippen LogP contribution in [-0.2, 0) is 4.79 Å². The fourth-order valence-corrected chi connectivity index (χ4v) is 1.16. The van der Waals surface area contributed by atoms with Crippen LogP contribution in [0.5, 0.6) is 0 Å². The van der Waals surface area contributed by atoms with Crippen LogP contribution in [0.15, 0.2) is 60.7 Å². The van der Waals surface area contributed by atoms with Crippen LogP contribution in [0, 0.1) is 0 Å². The lowest BCUT2D eigenvalue weighted by Crippen LogP contribution is -1.93. The van der Waals surface area contributed by atoms with E-state index in [1.54, 1.807) is 67.6 Å². The van der Waals surface area contributed by atoms with Gasteiger partial charge < -0.3 is 15.0 Å². The summed E-state index contributed by atoms with van der Waals surface area (Å²) in [7, 11) is 0. The van der Waals surface area contributed by atoms with Gasteiger partial charge in [0.25, 0.3) is 0 Å². The predicted molar refractivity (Wildman–Crippen MR) is 87.8 cm³/mol. The lowest BCUT2D eigenvalue weighted by molar-refractivity contribution is -0.116. The van der Waals surface area contributed by atoms with E-state index in [1.807, 2.05) is 6.92 Å². The molecule has 0 saturated carbocycles. The van der Waals surface area contributed by atoms with Gasteiger partial charge in [0.2, 0.25) is 0 Å². The van der Waals surface area contributed by atoms with Crippen LogP contribution >= 0.6 is 0 Å². The van der Waals surface area contributed by atoms with E-state index in [0.29, 0.717) is 17.5 Å². The number of benzene rings is 2. The molecule has 0 spiro atoms. The summed E-state index contributed by atoms with van der Waals surface area (Å²) in [4.78, 5) is 30.2. The third-order valence-corrected chi connectivity index (χ3v) is 2.54. The van der Waals surface area contributed by atoms with Crippen molar-refractivity contribution in [2.24, 2.45) is 0 Å². The van der Waals surface area contributed by atoms with E-state index in [2.05, 4.69) is 0 Å². The Labute approximate surface area is 135 Å². The highest BCUT2D eigenvalue weighted by atomic mass is 16.4. The fourth-order valence-electron chi connectivity index (χ4n) is 1.16. The molecule has 5 nitrogen and oxygen atoms in total. The summed E-state index contributed by atoms with van der Waals surface area (Å²) in [5.41, 5.74) is 0.662. The molecule has 0 bridgehead atoms. The Bertz CT molecular complexity index is 556. The average molecular weight is 316 g/mol. The molecular weight excluding hydrogens is 296 g/mol. The molecule has 0 aliphatic rings. The van der Waals surface area contributed by atoms with Gasteiger partial charge in [0.1, 0.15) is 5.78 Å². The first kappa shape index (κ1) is 20.1. The van der Waals surface area contributed by atoms with Crippen LogP contribution in [0.3, 0.4) is 0 Å². The molecule has 0 heterocycles. The van der Waals surface area contributed by atoms with Gasteiger partial charge in [-0.25, -0.2) is 9.59 Å². The number of Topliss-reactive ketones (excluding diaryl/α,β-unsaturated/α-hetero) is 1. The molecule has 0 atom stereocenters. The van der Waals surface area contributed by atoms with Crippen LogP contribution in [0.25, 0.3) is 0 Å². The lowest BCUT2D eigenvalue weighted by atomic mass is 10.2. The molecule has 2 aromatic rings. The molecular formula is C18H20O5. The Hall–Kier alpha value is -2.95. The number of rotatable bonds is 3. The molecule has 2 rings (SSSR count). The minimum atomic E-state index is -0.879. The quantitative estimate of drug-likeness (QED) is 0.899. The standard InChI is InChI=1S/2C7H6O2.C4H8O/c2*8-7(9)6-4-2-1-3-5-6;1-3-4(2)5/h2*1-5H,(H,8,9);3H2,1-2H3. The second-order valence-electron chi connectivity index (χ2n) is 4.40. The highest BCUT2D eigenvalue weighted by Gasteiger charge is 1.97. The molecule has 0 fully saturated rings. The molecule has 0 unspecified atom stereocenters. The summed E-state index contributed by atoms with van der Waals surface area (Å²) >= 11 is 0. The zero-order chi connectivity index (χ0) is 17.7. The maximum absolute atomic E-state index is 10.2. The minimum absolute atomic E-state index is 0.255. The number of carboxylic acid groups (broad SMARTS) is 2. The second kappa shape index (κ2) is 11.7. The molecule has 23 heavy (non-hydrogen) atoms. The van der Waals surface area contributed by atoms with Crippen molar-refractivity contribution in [3.8, 4) is 0 Å². The van der Waals surface area contributed by atoms with Gasteiger partial charge in [0, 0.05) is 6.42 Å². The van der Waals surface area contributed by atoms with Crippen LogP contribution in [0.2, 0.25) is 0 Å². The van der Waals surface area contributed by atoms with E-state index in [1.165, 1.54) is 0 Å². The molecule has 0 aliphatic carbocycles. The largest absolute Gasteiger partial charge is 0.478 e. The molecule has 0 aliphatic heterocycles. The van der Waals surface area contributed by atoms with E-state index >= 15 is 0 Å². The molecule has 122 valence electrons. The van der Waals surface area contributed by atoms with Crippen molar-refractivity contribution in [1.82, 2.24) is 0 Å². The first-order valence-corrected chi connectivity index (χ1v) is 6.94. The Morgan fingerprint density at radius 3 is 1.13 bits per heavy atom. The van der Waals surface area contributed by atoms with Crippen molar-refractivity contribution in [2.75, 3.05) is 0 Å². The van der Waals surface area contributed by atoms with Crippen molar-refractivity contribution < 1.29 is 24.6 Å². The van der Waals surface area contributed by atoms with E-state index in [4.69, 9.17) is 10.2 Å².